The molecule has 9 heteroatoms. The molecule has 5 rings (SSSR count). The van der Waals surface area contributed by atoms with E-state index >= 15 is 0 Å². The Morgan fingerprint density at radius 2 is 2.04 bits per heavy atom. The Bertz CT molecular complexity index is 1010. The third-order valence-electron chi connectivity index (χ3n) is 7.15. The minimum Gasteiger partial charge on any atom is -0.485 e. The predicted octanol–water partition coefficient (Wildman–Crippen LogP) is -0.642. The molecule has 1 aromatic rings. The smallest absolute Gasteiger partial charge is 0.268 e. The second-order valence-corrected chi connectivity index (χ2v) is 9.99. The highest BCUT2D eigenvalue weighted by molar-refractivity contribution is 7.85. The Kier molecular flexibility index (Phi) is 3.54. The largest absolute Gasteiger partial charge is 0.485 e. The van der Waals surface area contributed by atoms with Crippen LogP contribution in [0.5, 0.6) is 5.75 Å². The number of hydrogen-bond acceptors (Lipinski definition) is 7. The Balaban J connectivity index is 1.82. The van der Waals surface area contributed by atoms with Crippen LogP contribution < -0.4 is 4.74 Å². The lowest BCUT2D eigenvalue weighted by Crippen LogP contribution is -2.77. The molecule has 152 valence electrons. The molecule has 4 N–H and O–H groups in total. The van der Waals surface area contributed by atoms with Gasteiger partial charge < -0.3 is 20.1 Å². The van der Waals surface area contributed by atoms with E-state index in [-0.39, 0.29) is 12.6 Å². The molecule has 8 nitrogen and oxygen atoms in total. The van der Waals surface area contributed by atoms with E-state index in [0.717, 1.165) is 11.1 Å². The van der Waals surface area contributed by atoms with Crippen LogP contribution in [0.1, 0.15) is 23.1 Å². The topological polar surface area (TPSA) is 128 Å². The molecule has 2 aliphatic carbocycles. The zero-order valence-corrected chi connectivity index (χ0v) is 16.2. The summed E-state index contributed by atoms with van der Waals surface area (Å²) >= 11 is 0. The van der Waals surface area contributed by atoms with Gasteiger partial charge in [0.05, 0.1) is 12.0 Å². The monoisotopic (exact) mass is 409 g/mol. The van der Waals surface area contributed by atoms with Gasteiger partial charge in [0, 0.05) is 17.2 Å². The number of likely N-dealkylation sites (tertiary alicyclic amines) is 1. The summed E-state index contributed by atoms with van der Waals surface area (Å²) in [6, 6.07) is 3.40. The number of hydrogen-bond donors (Lipinski definition) is 4. The van der Waals surface area contributed by atoms with E-state index < -0.39 is 38.6 Å². The van der Waals surface area contributed by atoms with Gasteiger partial charge in [-0.15, -0.1) is 0 Å². The first-order valence-corrected chi connectivity index (χ1v) is 10.9. The normalized spacial score (nSPS) is 40.9. The first-order chi connectivity index (χ1) is 13.1. The van der Waals surface area contributed by atoms with Crippen molar-refractivity contribution < 1.29 is 33.0 Å². The van der Waals surface area contributed by atoms with E-state index in [9.17, 15) is 28.3 Å². The number of aliphatic hydroxyl groups excluding tert-OH is 1. The highest BCUT2D eigenvalue weighted by atomic mass is 32.2. The molecular formula is C19H23NO7S. The molecule has 1 aromatic carbocycles. The van der Waals surface area contributed by atoms with Crippen molar-refractivity contribution >= 4 is 10.1 Å². The van der Waals surface area contributed by atoms with Crippen LogP contribution in [0, 0.1) is 0 Å². The molecule has 2 bridgehead atoms. The summed E-state index contributed by atoms with van der Waals surface area (Å²) in [6.07, 6.45) is 2.65. The fourth-order valence-corrected chi connectivity index (χ4v) is 6.86. The molecule has 4 aliphatic rings. The Hall–Kier alpha value is -1.49. The quantitative estimate of drug-likeness (QED) is 0.383. The summed E-state index contributed by atoms with van der Waals surface area (Å²) in [5, 5.41) is 33.0. The minimum absolute atomic E-state index is 0.266. The van der Waals surface area contributed by atoms with Crippen LogP contribution in [0.3, 0.4) is 0 Å². The molecule has 2 heterocycles. The number of aliphatic hydroxyl groups is 3. The first kappa shape index (κ1) is 18.5. The zero-order chi connectivity index (χ0) is 20.1. The lowest BCUT2D eigenvalue weighted by atomic mass is 9.49. The molecule has 2 aliphatic heterocycles. The van der Waals surface area contributed by atoms with Gasteiger partial charge in [-0.2, -0.15) is 8.42 Å². The zero-order valence-electron chi connectivity index (χ0n) is 15.4. The van der Waals surface area contributed by atoms with Crippen LogP contribution in [-0.4, -0.2) is 75.9 Å². The molecule has 28 heavy (non-hydrogen) atoms. The number of ether oxygens (including phenoxy) is 1. The maximum absolute atomic E-state index is 11.9. The fraction of sp³-hybridized carbons (Fsp3) is 0.579. The molecule has 0 saturated carbocycles. The van der Waals surface area contributed by atoms with Gasteiger partial charge in [0.1, 0.15) is 28.8 Å². The van der Waals surface area contributed by atoms with Gasteiger partial charge >= 0.3 is 0 Å². The van der Waals surface area contributed by atoms with E-state index in [1.54, 1.807) is 6.07 Å². The van der Waals surface area contributed by atoms with Gasteiger partial charge in [-0.1, -0.05) is 18.2 Å². The number of likely N-dealkylation sites (N-methyl/N-ethyl adjacent to an activating group) is 1. The summed E-state index contributed by atoms with van der Waals surface area (Å²) in [5.41, 5.74) is -2.22. The third-order valence-corrected chi connectivity index (χ3v) is 7.97. The summed E-state index contributed by atoms with van der Waals surface area (Å²) in [6.45, 7) is 0.349. The van der Waals surface area contributed by atoms with Gasteiger partial charge in [-0.3, -0.25) is 9.45 Å². The lowest BCUT2D eigenvalue weighted by molar-refractivity contribution is -0.169. The molecule has 5 atom stereocenters. The maximum atomic E-state index is 11.9. The highest BCUT2D eigenvalue weighted by Gasteiger charge is 2.74. The van der Waals surface area contributed by atoms with E-state index in [1.165, 1.54) is 12.2 Å². The van der Waals surface area contributed by atoms with Crippen molar-refractivity contribution in [2.45, 2.75) is 48.2 Å². The first-order valence-electron chi connectivity index (χ1n) is 9.29. The summed E-state index contributed by atoms with van der Waals surface area (Å²) in [5.74, 6) is -0.527. The Labute approximate surface area is 162 Å². The second-order valence-electron chi connectivity index (χ2n) is 8.54. The standard InChI is InChI=1S/C19H23NO7S/c1-20-7-6-18-14-11-2-3-12(9-21)15(14)27-16(18)17(22,10-28(24,25)26)4-5-19(18,23)13(20)8-11/h2-5,13,16,21-23H,6-10H2,1H3,(H,24,25,26)/t13?,16-,17?,18?,19+/m0/s1. The predicted molar refractivity (Wildman–Crippen MR) is 98.7 cm³/mol. The maximum Gasteiger partial charge on any atom is 0.268 e. The van der Waals surface area contributed by atoms with Gasteiger partial charge in [0.15, 0.2) is 0 Å². The molecule has 1 spiro atoms. The molecule has 0 aromatic heterocycles. The minimum atomic E-state index is -4.52. The van der Waals surface area contributed by atoms with E-state index in [2.05, 4.69) is 4.90 Å². The van der Waals surface area contributed by atoms with E-state index in [0.29, 0.717) is 30.7 Å². The summed E-state index contributed by atoms with van der Waals surface area (Å²) < 4.78 is 38.9. The van der Waals surface area contributed by atoms with Gasteiger partial charge in [-0.25, -0.2) is 0 Å². The van der Waals surface area contributed by atoms with Gasteiger partial charge in [0.25, 0.3) is 10.1 Å². The van der Waals surface area contributed by atoms with Crippen LogP contribution >= 0.6 is 0 Å². The van der Waals surface area contributed by atoms with Gasteiger partial charge in [0.2, 0.25) is 0 Å². The molecule has 0 radical (unpaired) electrons. The van der Waals surface area contributed by atoms with Crippen LogP contribution in [0.2, 0.25) is 0 Å². The van der Waals surface area contributed by atoms with Crippen LogP contribution in [0.15, 0.2) is 24.3 Å². The number of piperidine rings is 1. The van der Waals surface area contributed by atoms with Crippen molar-refractivity contribution in [2.75, 3.05) is 19.3 Å². The number of nitrogens with zero attached hydrogens (tertiary/aromatic N) is 1. The number of benzene rings is 1. The van der Waals surface area contributed by atoms with Crippen molar-refractivity contribution in [2.24, 2.45) is 0 Å². The van der Waals surface area contributed by atoms with Crippen molar-refractivity contribution in [3.8, 4) is 5.75 Å². The molecule has 1 saturated heterocycles. The average molecular weight is 409 g/mol. The second kappa shape index (κ2) is 5.35. The summed E-state index contributed by atoms with van der Waals surface area (Å²) in [7, 11) is -2.59. The van der Waals surface area contributed by atoms with Crippen molar-refractivity contribution in [3.63, 3.8) is 0 Å². The number of rotatable bonds is 3. The molecule has 3 unspecified atom stereocenters. The Morgan fingerprint density at radius 1 is 1.29 bits per heavy atom. The van der Waals surface area contributed by atoms with E-state index in [4.69, 9.17) is 4.74 Å². The average Bonchev–Trinajstić information content (AvgIpc) is 2.96. The molecule has 0 amide bonds. The van der Waals surface area contributed by atoms with Crippen molar-refractivity contribution in [3.05, 3.63) is 41.0 Å². The van der Waals surface area contributed by atoms with Crippen molar-refractivity contribution in [1.29, 1.82) is 0 Å². The highest BCUT2D eigenvalue weighted by Crippen LogP contribution is 2.64. The molecule has 1 fully saturated rings. The van der Waals surface area contributed by atoms with Crippen LogP contribution in [-0.2, 0) is 28.6 Å². The van der Waals surface area contributed by atoms with Crippen LogP contribution in [0.4, 0.5) is 0 Å². The summed E-state index contributed by atoms with van der Waals surface area (Å²) in [4.78, 5) is 2.07. The molecular weight excluding hydrogens is 386 g/mol. The van der Waals surface area contributed by atoms with Crippen molar-refractivity contribution in [1.82, 2.24) is 4.90 Å². The SMILES string of the molecule is CN1CCC23c4c5ccc(CO)c4O[C@H]2C(O)(CS(=O)(=O)O)C=C[C@@]3(O)C1C5. The third kappa shape index (κ3) is 2.04. The Morgan fingerprint density at radius 3 is 2.71 bits per heavy atom. The van der Waals surface area contributed by atoms with Crippen LogP contribution in [0.25, 0.3) is 0 Å². The fourth-order valence-electron chi connectivity index (χ4n) is 6.03. The lowest BCUT2D eigenvalue weighted by Gasteiger charge is -2.62. The van der Waals surface area contributed by atoms with E-state index in [1.807, 2.05) is 13.1 Å². The van der Waals surface area contributed by atoms with Gasteiger partial charge in [-0.05, 0) is 38.1 Å².